The number of nitro groups is 1. The topological polar surface area (TPSA) is 55.2 Å². The monoisotopic (exact) mass is 288 g/mol. The van der Waals surface area contributed by atoms with Gasteiger partial charge in [0, 0.05) is 24.7 Å². The summed E-state index contributed by atoms with van der Waals surface area (Å²) in [6.07, 6.45) is -1.12. The standard InChI is InChI=1S/C16H17FN2O2/c1-12(16(17)14-7-3-2-4-8-14)18-11-13-6-5-9-15(10-13)19(20)21/h2-10,12,16,18H,11H2,1H3/t12-,16-/m1/s1. The van der Waals surface area contributed by atoms with Crippen LogP contribution < -0.4 is 5.32 Å². The summed E-state index contributed by atoms with van der Waals surface area (Å²) in [6.45, 7) is 2.14. The van der Waals surface area contributed by atoms with Crippen molar-refractivity contribution in [2.75, 3.05) is 0 Å². The molecule has 2 aromatic carbocycles. The van der Waals surface area contributed by atoms with Crippen molar-refractivity contribution in [3.63, 3.8) is 0 Å². The largest absolute Gasteiger partial charge is 0.307 e. The molecule has 0 saturated carbocycles. The van der Waals surface area contributed by atoms with E-state index in [1.54, 1.807) is 43.3 Å². The van der Waals surface area contributed by atoms with Crippen LogP contribution in [-0.4, -0.2) is 11.0 Å². The SMILES string of the molecule is C[C@@H](NCc1cccc([N+](=O)[O-])c1)[C@@H](F)c1ccccc1. The van der Waals surface area contributed by atoms with E-state index in [9.17, 15) is 14.5 Å². The zero-order chi connectivity index (χ0) is 15.2. The average Bonchev–Trinajstić information content (AvgIpc) is 2.53. The van der Waals surface area contributed by atoms with E-state index in [-0.39, 0.29) is 11.7 Å². The molecule has 0 aromatic heterocycles. The molecule has 4 nitrogen and oxygen atoms in total. The van der Waals surface area contributed by atoms with Crippen LogP contribution in [0.5, 0.6) is 0 Å². The van der Waals surface area contributed by atoms with Gasteiger partial charge in [-0.25, -0.2) is 4.39 Å². The van der Waals surface area contributed by atoms with Crippen molar-refractivity contribution < 1.29 is 9.31 Å². The first-order chi connectivity index (χ1) is 10.1. The van der Waals surface area contributed by atoms with Crippen LogP contribution in [0.2, 0.25) is 0 Å². The van der Waals surface area contributed by atoms with Gasteiger partial charge in [-0.05, 0) is 18.1 Å². The molecule has 0 saturated heterocycles. The van der Waals surface area contributed by atoms with Gasteiger partial charge < -0.3 is 5.32 Å². The van der Waals surface area contributed by atoms with Crippen LogP contribution in [0, 0.1) is 10.1 Å². The molecule has 0 bridgehead atoms. The Labute approximate surface area is 122 Å². The van der Waals surface area contributed by atoms with E-state index in [1.165, 1.54) is 12.1 Å². The lowest BCUT2D eigenvalue weighted by atomic mass is 10.0. The van der Waals surface area contributed by atoms with Crippen molar-refractivity contribution >= 4 is 5.69 Å². The predicted molar refractivity (Wildman–Crippen MR) is 79.7 cm³/mol. The quantitative estimate of drug-likeness (QED) is 0.650. The molecular formula is C16H17FN2O2. The van der Waals surface area contributed by atoms with Crippen molar-refractivity contribution in [2.24, 2.45) is 0 Å². The molecule has 0 aliphatic rings. The molecule has 0 fully saturated rings. The van der Waals surface area contributed by atoms with Gasteiger partial charge in [-0.1, -0.05) is 42.5 Å². The molecule has 5 heteroatoms. The highest BCUT2D eigenvalue weighted by molar-refractivity contribution is 5.34. The molecule has 2 atom stereocenters. The average molecular weight is 288 g/mol. The van der Waals surface area contributed by atoms with E-state index in [4.69, 9.17) is 0 Å². The number of hydrogen-bond acceptors (Lipinski definition) is 3. The maximum Gasteiger partial charge on any atom is 0.269 e. The Morgan fingerprint density at radius 1 is 1.19 bits per heavy atom. The van der Waals surface area contributed by atoms with Gasteiger partial charge in [0.05, 0.1) is 4.92 Å². The van der Waals surface area contributed by atoms with Crippen LogP contribution in [0.15, 0.2) is 54.6 Å². The number of halogens is 1. The Balaban J connectivity index is 1.96. The molecule has 0 amide bonds. The lowest BCUT2D eigenvalue weighted by Gasteiger charge is -2.18. The molecule has 1 N–H and O–H groups in total. The fourth-order valence-electron chi connectivity index (χ4n) is 2.09. The number of benzene rings is 2. The fourth-order valence-corrected chi connectivity index (χ4v) is 2.09. The van der Waals surface area contributed by atoms with Crippen molar-refractivity contribution in [2.45, 2.75) is 25.7 Å². The highest BCUT2D eigenvalue weighted by Gasteiger charge is 2.17. The maximum absolute atomic E-state index is 14.3. The number of rotatable bonds is 6. The lowest BCUT2D eigenvalue weighted by molar-refractivity contribution is -0.384. The van der Waals surface area contributed by atoms with Crippen molar-refractivity contribution in [3.8, 4) is 0 Å². The van der Waals surface area contributed by atoms with Crippen molar-refractivity contribution in [1.82, 2.24) is 5.32 Å². The molecule has 0 radical (unpaired) electrons. The summed E-state index contributed by atoms with van der Waals surface area (Å²) < 4.78 is 14.3. The summed E-state index contributed by atoms with van der Waals surface area (Å²) in [7, 11) is 0. The molecule has 0 aliphatic heterocycles. The molecule has 0 unspecified atom stereocenters. The highest BCUT2D eigenvalue weighted by Crippen LogP contribution is 2.21. The van der Waals surface area contributed by atoms with E-state index in [0.29, 0.717) is 12.1 Å². The minimum absolute atomic E-state index is 0.0433. The minimum Gasteiger partial charge on any atom is -0.307 e. The van der Waals surface area contributed by atoms with Gasteiger partial charge in [0.15, 0.2) is 0 Å². The molecule has 2 rings (SSSR count). The first-order valence-electron chi connectivity index (χ1n) is 6.73. The van der Waals surface area contributed by atoms with Crippen LogP contribution in [0.3, 0.4) is 0 Å². The summed E-state index contributed by atoms with van der Waals surface area (Å²) >= 11 is 0. The molecule has 21 heavy (non-hydrogen) atoms. The zero-order valence-corrected chi connectivity index (χ0v) is 11.7. The van der Waals surface area contributed by atoms with Crippen molar-refractivity contribution in [1.29, 1.82) is 0 Å². The smallest absolute Gasteiger partial charge is 0.269 e. The Morgan fingerprint density at radius 2 is 1.90 bits per heavy atom. The summed E-state index contributed by atoms with van der Waals surface area (Å²) in [5, 5.41) is 13.8. The van der Waals surface area contributed by atoms with Crippen LogP contribution in [0.1, 0.15) is 24.2 Å². The Bertz CT molecular complexity index is 604. The first kappa shape index (κ1) is 15.1. The van der Waals surface area contributed by atoms with Crippen LogP contribution >= 0.6 is 0 Å². The first-order valence-corrected chi connectivity index (χ1v) is 6.73. The van der Waals surface area contributed by atoms with E-state index in [2.05, 4.69) is 5.32 Å². The van der Waals surface area contributed by atoms with E-state index >= 15 is 0 Å². The number of alkyl halides is 1. The normalized spacial score (nSPS) is 13.6. The van der Waals surface area contributed by atoms with E-state index < -0.39 is 11.1 Å². The van der Waals surface area contributed by atoms with Gasteiger partial charge in [0.2, 0.25) is 0 Å². The third-order valence-corrected chi connectivity index (χ3v) is 3.31. The number of non-ortho nitro benzene ring substituents is 1. The van der Waals surface area contributed by atoms with Gasteiger partial charge in [0.1, 0.15) is 6.17 Å². The summed E-state index contributed by atoms with van der Waals surface area (Å²) in [4.78, 5) is 10.3. The molecule has 0 spiro atoms. The number of hydrogen-bond donors (Lipinski definition) is 1. The van der Waals surface area contributed by atoms with Gasteiger partial charge in [-0.3, -0.25) is 10.1 Å². The third kappa shape index (κ3) is 4.10. The Hall–Kier alpha value is -2.27. The summed E-state index contributed by atoms with van der Waals surface area (Å²) in [5.41, 5.74) is 1.43. The summed E-state index contributed by atoms with van der Waals surface area (Å²) in [6, 6.07) is 14.9. The molecule has 0 heterocycles. The highest BCUT2D eigenvalue weighted by atomic mass is 19.1. The Morgan fingerprint density at radius 3 is 2.57 bits per heavy atom. The fraction of sp³-hybridized carbons (Fsp3) is 0.250. The molecular weight excluding hydrogens is 271 g/mol. The third-order valence-electron chi connectivity index (χ3n) is 3.31. The van der Waals surface area contributed by atoms with Crippen LogP contribution in [-0.2, 0) is 6.54 Å². The van der Waals surface area contributed by atoms with Gasteiger partial charge in [-0.2, -0.15) is 0 Å². The number of nitro benzene ring substituents is 1. The predicted octanol–water partition coefficient (Wildman–Crippen LogP) is 3.78. The second-order valence-corrected chi connectivity index (χ2v) is 4.91. The van der Waals surface area contributed by atoms with Crippen LogP contribution in [0.4, 0.5) is 10.1 Å². The van der Waals surface area contributed by atoms with E-state index in [1.807, 2.05) is 6.07 Å². The van der Waals surface area contributed by atoms with Crippen molar-refractivity contribution in [3.05, 3.63) is 75.8 Å². The molecule has 110 valence electrons. The summed E-state index contributed by atoms with van der Waals surface area (Å²) in [5.74, 6) is 0. The van der Waals surface area contributed by atoms with Gasteiger partial charge in [0.25, 0.3) is 5.69 Å². The second-order valence-electron chi connectivity index (χ2n) is 4.91. The maximum atomic E-state index is 14.3. The van der Waals surface area contributed by atoms with Gasteiger partial charge >= 0.3 is 0 Å². The second kappa shape index (κ2) is 6.95. The Kier molecular flexibility index (Phi) is 5.00. The zero-order valence-electron chi connectivity index (χ0n) is 11.7. The minimum atomic E-state index is -1.12. The lowest BCUT2D eigenvalue weighted by Crippen LogP contribution is -2.29. The number of nitrogens with one attached hydrogen (secondary N) is 1. The molecule has 0 aliphatic carbocycles. The van der Waals surface area contributed by atoms with E-state index in [0.717, 1.165) is 5.56 Å². The van der Waals surface area contributed by atoms with Gasteiger partial charge in [-0.15, -0.1) is 0 Å². The number of nitrogens with zero attached hydrogens (tertiary/aromatic N) is 1. The molecule has 2 aromatic rings. The van der Waals surface area contributed by atoms with Crippen LogP contribution in [0.25, 0.3) is 0 Å².